The zero-order valence-corrected chi connectivity index (χ0v) is 8.23. The maximum Gasteiger partial charge on any atom is 0.327 e. The number of pyridine rings is 1. The van der Waals surface area contributed by atoms with Crippen molar-refractivity contribution >= 4 is 11.2 Å². The molecule has 0 aromatic carbocycles. The van der Waals surface area contributed by atoms with Gasteiger partial charge in [-0.1, -0.05) is 0 Å². The highest BCUT2D eigenvalue weighted by Crippen LogP contribution is 2.35. The first-order valence-electron chi connectivity index (χ1n) is 5.09. The molecule has 2 heterocycles. The fraction of sp³-hybridized carbons (Fsp3) is 0.400. The van der Waals surface area contributed by atoms with E-state index in [0.29, 0.717) is 12.6 Å². The lowest BCUT2D eigenvalue weighted by molar-refractivity contribution is 0.726. The summed E-state index contributed by atoms with van der Waals surface area (Å²) in [6.45, 7) is 0.420. The molecule has 0 amide bonds. The van der Waals surface area contributed by atoms with Gasteiger partial charge in [-0.05, 0) is 24.5 Å². The molecule has 78 valence electrons. The number of fused-ring (bicyclic) bond motifs is 1. The molecule has 1 aliphatic carbocycles. The average molecular weight is 204 g/mol. The fourth-order valence-corrected chi connectivity index (χ4v) is 1.91. The number of aromatic amines is 1. The third-order valence-corrected chi connectivity index (χ3v) is 2.83. The van der Waals surface area contributed by atoms with Gasteiger partial charge in [-0.2, -0.15) is 0 Å². The number of H-pyrrole nitrogens is 1. The highest BCUT2D eigenvalue weighted by atomic mass is 16.1. The molecule has 5 heteroatoms. The molecule has 0 unspecified atom stereocenters. The Bertz CT molecular complexity index is 564. The Balaban J connectivity index is 2.36. The minimum absolute atomic E-state index is 0.0686. The van der Waals surface area contributed by atoms with E-state index in [1.807, 2.05) is 6.07 Å². The number of hydrogen-bond acceptors (Lipinski definition) is 3. The van der Waals surface area contributed by atoms with Crippen molar-refractivity contribution in [3.8, 4) is 0 Å². The Morgan fingerprint density at radius 2 is 2.40 bits per heavy atom. The molecule has 5 nitrogen and oxygen atoms in total. The van der Waals surface area contributed by atoms with Crippen molar-refractivity contribution in [3.05, 3.63) is 28.3 Å². The van der Waals surface area contributed by atoms with E-state index >= 15 is 0 Å². The highest BCUT2D eigenvalue weighted by Gasteiger charge is 2.28. The van der Waals surface area contributed by atoms with Gasteiger partial charge in [0.15, 0.2) is 5.65 Å². The van der Waals surface area contributed by atoms with Crippen molar-refractivity contribution in [2.45, 2.75) is 25.4 Å². The Hall–Kier alpha value is -1.62. The van der Waals surface area contributed by atoms with E-state index in [2.05, 4.69) is 9.97 Å². The first-order chi connectivity index (χ1) is 7.31. The molecule has 0 saturated heterocycles. The SMILES string of the molecule is NCc1ccnc2c1[nH]c(=O)n2C1CC1. The Labute approximate surface area is 85.9 Å². The van der Waals surface area contributed by atoms with Crippen molar-refractivity contribution in [2.24, 2.45) is 5.73 Å². The second-order valence-electron chi connectivity index (χ2n) is 3.90. The van der Waals surface area contributed by atoms with Gasteiger partial charge in [0.2, 0.25) is 0 Å². The van der Waals surface area contributed by atoms with E-state index in [0.717, 1.165) is 29.6 Å². The molecule has 0 spiro atoms. The average Bonchev–Trinajstić information content (AvgIpc) is 3.00. The van der Waals surface area contributed by atoms with Crippen LogP contribution in [0.3, 0.4) is 0 Å². The molecule has 2 aromatic heterocycles. The van der Waals surface area contributed by atoms with Crippen molar-refractivity contribution in [1.29, 1.82) is 0 Å². The van der Waals surface area contributed by atoms with E-state index in [-0.39, 0.29) is 5.69 Å². The van der Waals surface area contributed by atoms with Crippen LogP contribution in [0.5, 0.6) is 0 Å². The minimum atomic E-state index is -0.0686. The van der Waals surface area contributed by atoms with E-state index in [1.165, 1.54) is 0 Å². The number of hydrogen-bond donors (Lipinski definition) is 2. The fourth-order valence-electron chi connectivity index (χ4n) is 1.91. The van der Waals surface area contributed by atoms with Gasteiger partial charge in [0.25, 0.3) is 0 Å². The molecular weight excluding hydrogens is 192 g/mol. The third kappa shape index (κ3) is 1.20. The largest absolute Gasteiger partial charge is 0.327 e. The van der Waals surface area contributed by atoms with Crippen LogP contribution in [-0.2, 0) is 6.54 Å². The summed E-state index contributed by atoms with van der Waals surface area (Å²) in [6, 6.07) is 2.18. The maximum absolute atomic E-state index is 11.7. The lowest BCUT2D eigenvalue weighted by atomic mass is 10.2. The van der Waals surface area contributed by atoms with Crippen LogP contribution in [0.4, 0.5) is 0 Å². The van der Waals surface area contributed by atoms with Crippen LogP contribution in [0.15, 0.2) is 17.1 Å². The molecule has 1 fully saturated rings. The van der Waals surface area contributed by atoms with Crippen molar-refractivity contribution in [2.75, 3.05) is 0 Å². The summed E-state index contributed by atoms with van der Waals surface area (Å²) < 4.78 is 1.74. The lowest BCUT2D eigenvalue weighted by Gasteiger charge is -2.00. The monoisotopic (exact) mass is 204 g/mol. The van der Waals surface area contributed by atoms with Crippen LogP contribution in [0.1, 0.15) is 24.4 Å². The van der Waals surface area contributed by atoms with Crippen LogP contribution in [-0.4, -0.2) is 14.5 Å². The predicted octanol–water partition coefficient (Wildman–Crippen LogP) is 0.518. The number of nitrogens with one attached hydrogen (secondary N) is 1. The standard InChI is InChI=1S/C10H12N4O/c11-5-6-3-4-12-9-8(6)13-10(15)14(9)7-1-2-7/h3-4,7H,1-2,5,11H2,(H,13,15). The molecule has 2 aromatic rings. The zero-order chi connectivity index (χ0) is 10.4. The van der Waals surface area contributed by atoms with E-state index in [4.69, 9.17) is 5.73 Å². The summed E-state index contributed by atoms with van der Waals surface area (Å²) >= 11 is 0. The summed E-state index contributed by atoms with van der Waals surface area (Å²) in [5.74, 6) is 0. The van der Waals surface area contributed by atoms with Crippen LogP contribution in [0.2, 0.25) is 0 Å². The van der Waals surface area contributed by atoms with Crippen molar-refractivity contribution < 1.29 is 0 Å². The first kappa shape index (κ1) is 8.67. The second kappa shape index (κ2) is 2.93. The van der Waals surface area contributed by atoms with Crippen LogP contribution >= 0.6 is 0 Å². The Morgan fingerprint density at radius 1 is 1.60 bits per heavy atom. The molecule has 0 radical (unpaired) electrons. The molecule has 3 N–H and O–H groups in total. The summed E-state index contributed by atoms with van der Waals surface area (Å²) in [7, 11) is 0. The normalized spacial score (nSPS) is 16.1. The van der Waals surface area contributed by atoms with Gasteiger partial charge in [-0.3, -0.25) is 4.57 Å². The molecular formula is C10H12N4O. The molecule has 0 atom stereocenters. The summed E-state index contributed by atoms with van der Waals surface area (Å²) in [5.41, 5.74) is 8.01. The maximum atomic E-state index is 11.7. The van der Waals surface area contributed by atoms with Crippen LogP contribution < -0.4 is 11.4 Å². The number of nitrogens with two attached hydrogens (primary N) is 1. The van der Waals surface area contributed by atoms with Gasteiger partial charge in [0.05, 0.1) is 5.52 Å². The smallest absolute Gasteiger partial charge is 0.326 e. The predicted molar refractivity (Wildman–Crippen MR) is 56.5 cm³/mol. The Morgan fingerprint density at radius 3 is 3.07 bits per heavy atom. The van der Waals surface area contributed by atoms with Crippen molar-refractivity contribution in [1.82, 2.24) is 14.5 Å². The van der Waals surface area contributed by atoms with Gasteiger partial charge >= 0.3 is 5.69 Å². The van der Waals surface area contributed by atoms with Crippen LogP contribution in [0.25, 0.3) is 11.2 Å². The zero-order valence-electron chi connectivity index (χ0n) is 8.23. The van der Waals surface area contributed by atoms with Gasteiger partial charge in [-0.15, -0.1) is 0 Å². The summed E-state index contributed by atoms with van der Waals surface area (Å²) in [6.07, 6.45) is 3.85. The molecule has 15 heavy (non-hydrogen) atoms. The van der Waals surface area contributed by atoms with Crippen molar-refractivity contribution in [3.63, 3.8) is 0 Å². The number of rotatable bonds is 2. The van der Waals surface area contributed by atoms with Gasteiger partial charge in [0.1, 0.15) is 0 Å². The van der Waals surface area contributed by atoms with Gasteiger partial charge < -0.3 is 10.7 Å². The lowest BCUT2D eigenvalue weighted by Crippen LogP contribution is -2.15. The van der Waals surface area contributed by atoms with E-state index < -0.39 is 0 Å². The Kier molecular flexibility index (Phi) is 1.70. The van der Waals surface area contributed by atoms with Gasteiger partial charge in [-0.25, -0.2) is 9.78 Å². The number of aromatic nitrogens is 3. The summed E-state index contributed by atoms with van der Waals surface area (Å²) in [5, 5.41) is 0. The first-order valence-corrected chi connectivity index (χ1v) is 5.09. The van der Waals surface area contributed by atoms with E-state index in [1.54, 1.807) is 10.8 Å². The quantitative estimate of drug-likeness (QED) is 0.748. The van der Waals surface area contributed by atoms with E-state index in [9.17, 15) is 4.79 Å². The topological polar surface area (TPSA) is 76.7 Å². The number of imidazole rings is 1. The molecule has 1 aliphatic rings. The molecule has 0 bridgehead atoms. The van der Waals surface area contributed by atoms with Gasteiger partial charge in [0, 0.05) is 18.8 Å². The third-order valence-electron chi connectivity index (χ3n) is 2.83. The second-order valence-corrected chi connectivity index (χ2v) is 3.90. The summed E-state index contributed by atoms with van der Waals surface area (Å²) in [4.78, 5) is 18.8. The van der Waals surface area contributed by atoms with Crippen LogP contribution in [0, 0.1) is 0 Å². The molecule has 3 rings (SSSR count). The minimum Gasteiger partial charge on any atom is -0.326 e. The number of nitrogens with zero attached hydrogens (tertiary/aromatic N) is 2. The molecule has 0 aliphatic heterocycles. The highest BCUT2D eigenvalue weighted by molar-refractivity contribution is 5.74. The molecule has 1 saturated carbocycles.